The average Bonchev–Trinajstić information content (AvgIpc) is 1.89. The molecule has 0 bridgehead atoms. The molecule has 0 amide bonds. The van der Waals surface area contributed by atoms with E-state index in [0.717, 1.165) is 25.7 Å². The Labute approximate surface area is 78.8 Å². The fraction of sp³-hybridized carbons (Fsp3) is 0.875. The van der Waals surface area contributed by atoms with Crippen LogP contribution in [0.2, 0.25) is 0 Å². The maximum absolute atomic E-state index is 10.4. The molecule has 2 nitrogen and oxygen atoms in total. The van der Waals surface area contributed by atoms with E-state index in [-0.39, 0.29) is 23.0 Å². The van der Waals surface area contributed by atoms with Crippen LogP contribution in [-0.2, 0) is 21.9 Å². The van der Waals surface area contributed by atoms with E-state index < -0.39 is 5.97 Å². The van der Waals surface area contributed by atoms with Crippen LogP contribution < -0.4 is 0 Å². The van der Waals surface area contributed by atoms with E-state index in [2.05, 4.69) is 6.92 Å². The predicted molar refractivity (Wildman–Crippen MR) is 40.9 cm³/mol. The van der Waals surface area contributed by atoms with Gasteiger partial charge in [-0.25, -0.2) is 0 Å². The first-order chi connectivity index (χ1) is 4.72. The third kappa shape index (κ3) is 6.39. The van der Waals surface area contributed by atoms with Crippen LogP contribution in [-0.4, -0.2) is 11.1 Å². The number of rotatable bonds is 5. The summed E-state index contributed by atoms with van der Waals surface area (Å²) in [5.74, 6) is -0.754. The van der Waals surface area contributed by atoms with E-state index in [1.165, 1.54) is 0 Å². The number of hydrogen-bond donors (Lipinski definition) is 1. The van der Waals surface area contributed by atoms with Gasteiger partial charge in [-0.05, 0) is 12.8 Å². The summed E-state index contributed by atoms with van der Waals surface area (Å²) in [4.78, 5) is 10.4. The van der Waals surface area contributed by atoms with E-state index in [9.17, 15) is 4.79 Å². The average molecular weight is 208 g/mol. The molecule has 11 heavy (non-hydrogen) atoms. The van der Waals surface area contributed by atoms with Gasteiger partial charge in [-0.2, -0.15) is 0 Å². The van der Waals surface area contributed by atoms with Gasteiger partial charge >= 0.3 is 5.97 Å². The smallest absolute Gasteiger partial charge is 0.306 e. The first-order valence-electron chi connectivity index (χ1n) is 3.95. The summed E-state index contributed by atoms with van der Waals surface area (Å²) in [6.07, 6.45) is 3.71. The Hall–Kier alpha value is -0.0105. The van der Waals surface area contributed by atoms with Gasteiger partial charge in [0.1, 0.15) is 0 Å². The predicted octanol–water partition coefficient (Wildman–Crippen LogP) is 2.28. The topological polar surface area (TPSA) is 37.3 Å². The van der Waals surface area contributed by atoms with Crippen LogP contribution in [0.5, 0.6) is 0 Å². The van der Waals surface area contributed by atoms with E-state index in [1.807, 2.05) is 6.92 Å². The van der Waals surface area contributed by atoms with Gasteiger partial charge < -0.3 is 5.11 Å². The van der Waals surface area contributed by atoms with Crippen molar-refractivity contribution in [1.29, 1.82) is 0 Å². The maximum Gasteiger partial charge on any atom is 0.306 e. The van der Waals surface area contributed by atoms with Gasteiger partial charge in [0.15, 0.2) is 0 Å². The Kier molecular flexibility index (Phi) is 9.98. The second-order valence-electron chi connectivity index (χ2n) is 2.59. The molecule has 0 aromatic carbocycles. The second kappa shape index (κ2) is 8.09. The van der Waals surface area contributed by atoms with E-state index in [1.54, 1.807) is 0 Å². The summed E-state index contributed by atoms with van der Waals surface area (Å²) in [5, 5.41) is 8.60. The summed E-state index contributed by atoms with van der Waals surface area (Å²) in [6.45, 7) is 4.00. The molecular weight excluding hydrogens is 192 g/mol. The first-order valence-corrected chi connectivity index (χ1v) is 3.95. The van der Waals surface area contributed by atoms with Crippen LogP contribution in [0.4, 0.5) is 0 Å². The molecule has 1 N–H and O–H groups in total. The van der Waals surface area contributed by atoms with Gasteiger partial charge in [-0.15, -0.1) is 0 Å². The summed E-state index contributed by atoms with van der Waals surface area (Å²) in [5.41, 5.74) is 0. The van der Waals surface area contributed by atoms with Crippen LogP contribution >= 0.6 is 0 Å². The van der Waals surface area contributed by atoms with Crippen molar-refractivity contribution in [2.45, 2.75) is 39.5 Å². The minimum atomic E-state index is -0.643. The molecule has 1 radical (unpaired) electrons. The molecule has 1 unspecified atom stereocenters. The molecule has 0 heterocycles. The van der Waals surface area contributed by atoms with Crippen molar-refractivity contribution >= 4 is 5.97 Å². The zero-order valence-electron chi connectivity index (χ0n) is 7.06. The summed E-state index contributed by atoms with van der Waals surface area (Å²) in [6, 6.07) is 0. The molecule has 0 aromatic rings. The number of hydrogen-bond acceptors (Lipinski definition) is 1. The van der Waals surface area contributed by atoms with Gasteiger partial charge in [0.25, 0.3) is 0 Å². The van der Waals surface area contributed by atoms with Crippen LogP contribution in [0.25, 0.3) is 0 Å². The molecule has 1 atom stereocenters. The normalized spacial score (nSPS) is 11.8. The van der Waals surface area contributed by atoms with Crippen LogP contribution in [0.3, 0.4) is 0 Å². The van der Waals surface area contributed by atoms with Crippen molar-refractivity contribution in [3.63, 3.8) is 0 Å². The third-order valence-corrected chi connectivity index (χ3v) is 1.75. The number of carboxylic acids is 1. The van der Waals surface area contributed by atoms with Crippen molar-refractivity contribution in [2.24, 2.45) is 5.92 Å². The monoisotopic (exact) mass is 207 g/mol. The fourth-order valence-electron chi connectivity index (χ4n) is 0.953. The number of unbranched alkanes of at least 4 members (excludes halogenated alkanes) is 1. The van der Waals surface area contributed by atoms with E-state index >= 15 is 0 Å². The van der Waals surface area contributed by atoms with Gasteiger partial charge in [0.2, 0.25) is 0 Å². The largest absolute Gasteiger partial charge is 0.481 e. The van der Waals surface area contributed by atoms with Crippen LogP contribution in [0.15, 0.2) is 0 Å². The molecular formula is C8H16CuO2. The first kappa shape index (κ1) is 13.6. The second-order valence-corrected chi connectivity index (χ2v) is 2.59. The quantitative estimate of drug-likeness (QED) is 0.703. The van der Waals surface area contributed by atoms with E-state index in [4.69, 9.17) is 5.11 Å². The Bertz CT molecular complexity index is 104. The van der Waals surface area contributed by atoms with Crippen molar-refractivity contribution in [2.75, 3.05) is 0 Å². The molecule has 0 aliphatic carbocycles. The number of carboxylic acid groups (broad SMARTS) is 1. The number of carbonyl (C=O) groups is 1. The molecule has 0 fully saturated rings. The minimum Gasteiger partial charge on any atom is -0.481 e. The van der Waals surface area contributed by atoms with E-state index in [0.29, 0.717) is 0 Å². The van der Waals surface area contributed by atoms with Crippen LogP contribution in [0.1, 0.15) is 39.5 Å². The Balaban J connectivity index is 0. The summed E-state index contributed by atoms with van der Waals surface area (Å²) >= 11 is 0. The molecule has 0 aliphatic heterocycles. The zero-order valence-corrected chi connectivity index (χ0v) is 8.00. The molecule has 0 saturated carbocycles. The van der Waals surface area contributed by atoms with Gasteiger partial charge in [0.05, 0.1) is 5.92 Å². The molecule has 0 saturated heterocycles. The Morgan fingerprint density at radius 3 is 2.27 bits per heavy atom. The third-order valence-electron chi connectivity index (χ3n) is 1.75. The SMILES string of the molecule is CCCCC(CC)C(=O)O.[Cu]. The molecule has 71 valence electrons. The molecule has 0 spiro atoms. The number of aliphatic carboxylic acids is 1. The molecule has 0 aromatic heterocycles. The van der Waals surface area contributed by atoms with Gasteiger partial charge in [-0.1, -0.05) is 26.7 Å². The van der Waals surface area contributed by atoms with Gasteiger partial charge in [0, 0.05) is 17.1 Å². The maximum atomic E-state index is 10.4. The molecule has 0 aliphatic rings. The van der Waals surface area contributed by atoms with Crippen LogP contribution in [0, 0.1) is 5.92 Å². The molecule has 3 heteroatoms. The fourth-order valence-corrected chi connectivity index (χ4v) is 0.953. The standard InChI is InChI=1S/C8H16O2.Cu/c1-3-5-6-7(4-2)8(9)10;/h7H,3-6H2,1-2H3,(H,9,10);. The van der Waals surface area contributed by atoms with Crippen molar-refractivity contribution < 1.29 is 27.0 Å². The van der Waals surface area contributed by atoms with Crippen molar-refractivity contribution in [1.82, 2.24) is 0 Å². The van der Waals surface area contributed by atoms with Crippen molar-refractivity contribution in [3.05, 3.63) is 0 Å². The minimum absolute atomic E-state index is 0. The zero-order chi connectivity index (χ0) is 7.98. The molecule has 0 rings (SSSR count). The Morgan fingerprint density at radius 2 is 2.00 bits per heavy atom. The van der Waals surface area contributed by atoms with Gasteiger partial charge in [-0.3, -0.25) is 4.79 Å². The summed E-state index contributed by atoms with van der Waals surface area (Å²) in [7, 11) is 0. The van der Waals surface area contributed by atoms with Crippen molar-refractivity contribution in [3.8, 4) is 0 Å². The Morgan fingerprint density at radius 1 is 1.45 bits per heavy atom. The summed E-state index contributed by atoms with van der Waals surface area (Å²) < 4.78 is 0.